The summed E-state index contributed by atoms with van der Waals surface area (Å²) in [5.74, 6) is 1.38. The summed E-state index contributed by atoms with van der Waals surface area (Å²) in [6, 6.07) is 5.38. The van der Waals surface area contributed by atoms with Crippen molar-refractivity contribution in [2.75, 3.05) is 21.3 Å². The van der Waals surface area contributed by atoms with Crippen molar-refractivity contribution in [1.82, 2.24) is 9.97 Å². The van der Waals surface area contributed by atoms with Crippen molar-refractivity contribution in [3.8, 4) is 22.9 Å². The number of carbonyl (C=O) groups is 1. The summed E-state index contributed by atoms with van der Waals surface area (Å²) in [7, 11) is 4.47. The molecule has 2 rings (SSSR count). The highest BCUT2D eigenvalue weighted by Crippen LogP contribution is 2.28. The Labute approximate surface area is 116 Å². The van der Waals surface area contributed by atoms with Crippen molar-refractivity contribution in [1.29, 1.82) is 0 Å². The highest BCUT2D eigenvalue weighted by Gasteiger charge is 2.16. The molecule has 1 aromatic carbocycles. The van der Waals surface area contributed by atoms with Crippen LogP contribution in [-0.4, -0.2) is 37.3 Å². The maximum absolute atomic E-state index is 11.6. The first-order valence-corrected chi connectivity index (χ1v) is 5.97. The SMILES string of the molecule is COC(=O)c1nc(-c2cc(OC)cc(OC)c2)[nH]c1C. The first-order chi connectivity index (χ1) is 9.58. The lowest BCUT2D eigenvalue weighted by Gasteiger charge is -2.06. The number of rotatable bonds is 4. The zero-order chi connectivity index (χ0) is 14.7. The van der Waals surface area contributed by atoms with Crippen molar-refractivity contribution in [2.24, 2.45) is 0 Å². The number of aryl methyl sites for hydroxylation is 1. The second-order valence-electron chi connectivity index (χ2n) is 4.15. The molecule has 0 fully saturated rings. The number of ether oxygens (including phenoxy) is 3. The molecule has 0 aliphatic carbocycles. The lowest BCUT2D eigenvalue weighted by atomic mass is 10.2. The third-order valence-corrected chi connectivity index (χ3v) is 2.89. The monoisotopic (exact) mass is 276 g/mol. The third kappa shape index (κ3) is 2.59. The van der Waals surface area contributed by atoms with E-state index in [1.807, 2.05) is 12.1 Å². The molecular formula is C14H16N2O4. The van der Waals surface area contributed by atoms with Gasteiger partial charge in [-0.25, -0.2) is 9.78 Å². The van der Waals surface area contributed by atoms with Gasteiger partial charge in [0, 0.05) is 17.3 Å². The Kier molecular flexibility index (Phi) is 3.93. The van der Waals surface area contributed by atoms with E-state index in [1.54, 1.807) is 27.2 Å². The molecular weight excluding hydrogens is 260 g/mol. The smallest absolute Gasteiger partial charge is 0.358 e. The second-order valence-corrected chi connectivity index (χ2v) is 4.15. The van der Waals surface area contributed by atoms with Crippen LogP contribution in [0.2, 0.25) is 0 Å². The van der Waals surface area contributed by atoms with E-state index in [9.17, 15) is 4.79 Å². The normalized spacial score (nSPS) is 10.2. The molecule has 1 aromatic heterocycles. The van der Waals surface area contributed by atoms with E-state index >= 15 is 0 Å². The summed E-state index contributed by atoms with van der Waals surface area (Å²) < 4.78 is 15.1. The van der Waals surface area contributed by atoms with E-state index < -0.39 is 5.97 Å². The molecule has 0 atom stereocenters. The molecule has 1 heterocycles. The standard InChI is InChI=1S/C14H16N2O4/c1-8-12(14(17)20-4)16-13(15-8)9-5-10(18-2)7-11(6-9)19-3/h5-7H,1-4H3,(H,15,16). The van der Waals surface area contributed by atoms with Crippen molar-refractivity contribution >= 4 is 5.97 Å². The summed E-state index contributed by atoms with van der Waals surface area (Å²) in [5, 5.41) is 0. The molecule has 0 aliphatic rings. The number of nitrogens with one attached hydrogen (secondary N) is 1. The summed E-state index contributed by atoms with van der Waals surface area (Å²) >= 11 is 0. The number of benzene rings is 1. The maximum atomic E-state index is 11.6. The molecule has 0 radical (unpaired) electrons. The van der Waals surface area contributed by atoms with Gasteiger partial charge in [0.1, 0.15) is 17.3 Å². The van der Waals surface area contributed by atoms with Gasteiger partial charge in [-0.15, -0.1) is 0 Å². The summed E-state index contributed by atoms with van der Waals surface area (Å²) in [4.78, 5) is 18.9. The van der Waals surface area contributed by atoms with Gasteiger partial charge in [0.15, 0.2) is 5.69 Å². The molecule has 1 N–H and O–H groups in total. The lowest BCUT2D eigenvalue weighted by Crippen LogP contribution is -2.03. The lowest BCUT2D eigenvalue weighted by molar-refractivity contribution is 0.0594. The zero-order valence-electron chi connectivity index (χ0n) is 11.8. The van der Waals surface area contributed by atoms with E-state index in [2.05, 4.69) is 14.7 Å². The van der Waals surface area contributed by atoms with Crippen LogP contribution in [0.4, 0.5) is 0 Å². The highest BCUT2D eigenvalue weighted by molar-refractivity contribution is 5.89. The number of aromatic amines is 1. The maximum Gasteiger partial charge on any atom is 0.358 e. The van der Waals surface area contributed by atoms with Crippen LogP contribution in [0.5, 0.6) is 11.5 Å². The molecule has 0 amide bonds. The van der Waals surface area contributed by atoms with E-state index in [0.29, 0.717) is 23.0 Å². The van der Waals surface area contributed by atoms with Crippen LogP contribution in [-0.2, 0) is 4.74 Å². The summed E-state index contributed by atoms with van der Waals surface area (Å²) in [6.07, 6.45) is 0. The number of H-pyrrole nitrogens is 1. The first-order valence-electron chi connectivity index (χ1n) is 5.97. The van der Waals surface area contributed by atoms with Gasteiger partial charge in [-0.3, -0.25) is 0 Å². The molecule has 0 unspecified atom stereocenters. The van der Waals surface area contributed by atoms with Crippen molar-refractivity contribution < 1.29 is 19.0 Å². The van der Waals surface area contributed by atoms with Gasteiger partial charge >= 0.3 is 5.97 Å². The predicted molar refractivity (Wildman–Crippen MR) is 73.2 cm³/mol. The Balaban J connectivity index is 2.48. The fourth-order valence-electron chi connectivity index (χ4n) is 1.84. The van der Waals surface area contributed by atoms with Gasteiger partial charge in [-0.2, -0.15) is 0 Å². The topological polar surface area (TPSA) is 73.4 Å². The van der Waals surface area contributed by atoms with Gasteiger partial charge in [-0.1, -0.05) is 0 Å². The van der Waals surface area contributed by atoms with Crippen molar-refractivity contribution in [3.05, 3.63) is 29.6 Å². The Morgan fingerprint density at radius 1 is 1.10 bits per heavy atom. The molecule has 2 aromatic rings. The summed E-state index contributed by atoms with van der Waals surface area (Å²) in [6.45, 7) is 1.76. The minimum absolute atomic E-state index is 0.268. The van der Waals surface area contributed by atoms with Crippen molar-refractivity contribution in [3.63, 3.8) is 0 Å². The van der Waals surface area contributed by atoms with E-state index in [-0.39, 0.29) is 5.69 Å². The van der Waals surface area contributed by atoms with Crippen LogP contribution in [0.1, 0.15) is 16.2 Å². The number of nitrogens with zero attached hydrogens (tertiary/aromatic N) is 1. The number of aromatic nitrogens is 2. The molecule has 6 heteroatoms. The van der Waals surface area contributed by atoms with Gasteiger partial charge in [0.25, 0.3) is 0 Å². The zero-order valence-corrected chi connectivity index (χ0v) is 11.8. The van der Waals surface area contributed by atoms with Crippen LogP contribution in [0.15, 0.2) is 18.2 Å². The van der Waals surface area contributed by atoms with Gasteiger partial charge in [0.05, 0.1) is 21.3 Å². The number of esters is 1. The molecule has 0 saturated carbocycles. The average molecular weight is 276 g/mol. The van der Waals surface area contributed by atoms with Gasteiger partial charge in [-0.05, 0) is 19.1 Å². The van der Waals surface area contributed by atoms with Crippen LogP contribution >= 0.6 is 0 Å². The van der Waals surface area contributed by atoms with Crippen LogP contribution in [0.3, 0.4) is 0 Å². The number of methoxy groups -OCH3 is 3. The second kappa shape index (κ2) is 5.64. The highest BCUT2D eigenvalue weighted by atomic mass is 16.5. The minimum atomic E-state index is -0.472. The Hall–Kier alpha value is -2.50. The van der Waals surface area contributed by atoms with E-state index in [0.717, 1.165) is 5.56 Å². The quantitative estimate of drug-likeness (QED) is 0.866. The number of imidazole rings is 1. The molecule has 0 spiro atoms. The molecule has 6 nitrogen and oxygen atoms in total. The van der Waals surface area contributed by atoms with E-state index in [4.69, 9.17) is 9.47 Å². The Bertz CT molecular complexity index is 612. The molecule has 0 saturated heterocycles. The average Bonchev–Trinajstić information content (AvgIpc) is 2.87. The molecule has 20 heavy (non-hydrogen) atoms. The number of hydrogen-bond donors (Lipinski definition) is 1. The fourth-order valence-corrected chi connectivity index (χ4v) is 1.84. The molecule has 0 aliphatic heterocycles. The Morgan fingerprint density at radius 3 is 2.20 bits per heavy atom. The third-order valence-electron chi connectivity index (χ3n) is 2.89. The van der Waals surface area contributed by atoms with E-state index in [1.165, 1.54) is 7.11 Å². The van der Waals surface area contributed by atoms with Gasteiger partial charge < -0.3 is 19.2 Å². The van der Waals surface area contributed by atoms with Crippen LogP contribution in [0.25, 0.3) is 11.4 Å². The fraction of sp³-hybridized carbons (Fsp3) is 0.286. The first kappa shape index (κ1) is 13.9. The van der Waals surface area contributed by atoms with Crippen molar-refractivity contribution in [2.45, 2.75) is 6.92 Å². The number of carbonyl (C=O) groups excluding carboxylic acids is 1. The molecule has 106 valence electrons. The Morgan fingerprint density at radius 2 is 1.70 bits per heavy atom. The predicted octanol–water partition coefficient (Wildman–Crippen LogP) is 2.19. The molecule has 0 bridgehead atoms. The van der Waals surface area contributed by atoms with Crippen LogP contribution in [0, 0.1) is 6.92 Å². The van der Waals surface area contributed by atoms with Crippen LogP contribution < -0.4 is 9.47 Å². The van der Waals surface area contributed by atoms with Gasteiger partial charge in [0.2, 0.25) is 0 Å². The summed E-state index contributed by atoms with van der Waals surface area (Å²) in [5.41, 5.74) is 1.68. The largest absolute Gasteiger partial charge is 0.497 e. The minimum Gasteiger partial charge on any atom is -0.497 e. The number of hydrogen-bond acceptors (Lipinski definition) is 5.